The van der Waals surface area contributed by atoms with Crippen molar-refractivity contribution in [3.8, 4) is 11.4 Å². The lowest BCUT2D eigenvalue weighted by molar-refractivity contribution is -0.132. The van der Waals surface area contributed by atoms with E-state index >= 15 is 0 Å². The van der Waals surface area contributed by atoms with Gasteiger partial charge in [-0.2, -0.15) is 16.3 Å². The molecule has 1 aliphatic heterocycles. The maximum absolute atomic E-state index is 12.8. The number of carbonyl (C=O) groups excluding carboxylic acids is 1. The largest absolute Gasteiger partial charge is 0.342 e. The zero-order valence-electron chi connectivity index (χ0n) is 15.8. The molecule has 0 spiro atoms. The van der Waals surface area contributed by atoms with Gasteiger partial charge in [0.05, 0.1) is 15.2 Å². The molecule has 0 unspecified atom stereocenters. The molecule has 0 bridgehead atoms. The van der Waals surface area contributed by atoms with Gasteiger partial charge in [-0.15, -0.1) is 11.3 Å². The van der Waals surface area contributed by atoms with E-state index in [1.165, 1.54) is 4.70 Å². The van der Waals surface area contributed by atoms with Gasteiger partial charge in [0.25, 0.3) is 0 Å². The summed E-state index contributed by atoms with van der Waals surface area (Å²) in [5, 5.41) is 9.11. The van der Waals surface area contributed by atoms with Crippen molar-refractivity contribution < 1.29 is 9.32 Å². The minimum absolute atomic E-state index is 0.145. The number of hydrogen-bond donors (Lipinski definition) is 0. The van der Waals surface area contributed by atoms with Crippen molar-refractivity contribution >= 4 is 38.8 Å². The molecule has 6 nitrogen and oxygen atoms in total. The highest BCUT2D eigenvalue weighted by molar-refractivity contribution is 7.18. The predicted molar refractivity (Wildman–Crippen MR) is 114 cm³/mol. The summed E-state index contributed by atoms with van der Waals surface area (Å²) in [5.74, 6) is 1.56. The van der Waals surface area contributed by atoms with Crippen LogP contribution in [0.3, 0.4) is 0 Å². The summed E-state index contributed by atoms with van der Waals surface area (Å²) >= 11 is 3.34. The van der Waals surface area contributed by atoms with Crippen LogP contribution in [0.1, 0.15) is 36.1 Å². The zero-order valence-corrected chi connectivity index (χ0v) is 17.4. The first-order valence-corrected chi connectivity index (χ1v) is 11.5. The fourth-order valence-electron chi connectivity index (χ4n) is 3.71. The summed E-state index contributed by atoms with van der Waals surface area (Å²) in [6, 6.07) is 10.2. The van der Waals surface area contributed by atoms with Crippen molar-refractivity contribution in [3.05, 3.63) is 52.0 Å². The quantitative estimate of drug-likeness (QED) is 0.462. The molecule has 1 saturated heterocycles. The second kappa shape index (κ2) is 8.04. The van der Waals surface area contributed by atoms with Crippen LogP contribution >= 0.6 is 22.7 Å². The second-order valence-electron chi connectivity index (χ2n) is 7.22. The maximum atomic E-state index is 12.8. The molecular formula is C21H20N4O2S2. The number of benzene rings is 1. The fraction of sp³-hybridized carbons (Fsp3) is 0.333. The number of piperidine rings is 1. The Kier molecular flexibility index (Phi) is 5.12. The van der Waals surface area contributed by atoms with Gasteiger partial charge in [-0.25, -0.2) is 4.98 Å². The Morgan fingerprint density at radius 2 is 2.17 bits per heavy atom. The Morgan fingerprint density at radius 1 is 1.24 bits per heavy atom. The highest BCUT2D eigenvalue weighted by atomic mass is 32.1. The summed E-state index contributed by atoms with van der Waals surface area (Å²) in [5.41, 5.74) is 2.00. The van der Waals surface area contributed by atoms with Gasteiger partial charge in [-0.3, -0.25) is 4.79 Å². The number of thiazole rings is 1. The van der Waals surface area contributed by atoms with Crippen LogP contribution < -0.4 is 0 Å². The maximum Gasteiger partial charge on any atom is 0.227 e. The number of rotatable bonds is 5. The van der Waals surface area contributed by atoms with E-state index in [0.717, 1.165) is 42.0 Å². The van der Waals surface area contributed by atoms with E-state index in [1.54, 1.807) is 22.7 Å². The minimum atomic E-state index is 0.145. The van der Waals surface area contributed by atoms with Crippen molar-refractivity contribution in [3.63, 3.8) is 0 Å². The topological polar surface area (TPSA) is 72.1 Å². The molecule has 0 aliphatic carbocycles. The molecule has 1 fully saturated rings. The van der Waals surface area contributed by atoms with Crippen molar-refractivity contribution in [1.29, 1.82) is 0 Å². The number of hydrogen-bond acceptors (Lipinski definition) is 7. The third-order valence-electron chi connectivity index (χ3n) is 5.23. The summed E-state index contributed by atoms with van der Waals surface area (Å²) in [7, 11) is 0. The van der Waals surface area contributed by atoms with Gasteiger partial charge in [0.2, 0.25) is 17.6 Å². The van der Waals surface area contributed by atoms with Gasteiger partial charge in [0, 0.05) is 42.8 Å². The van der Waals surface area contributed by atoms with Gasteiger partial charge >= 0.3 is 0 Å². The van der Waals surface area contributed by atoms with E-state index in [0.29, 0.717) is 30.5 Å². The van der Waals surface area contributed by atoms with Gasteiger partial charge in [-0.1, -0.05) is 17.3 Å². The third-order valence-corrected chi connectivity index (χ3v) is 7.12. The Balaban J connectivity index is 1.21. The number of aryl methyl sites for hydroxylation is 1. The van der Waals surface area contributed by atoms with Gasteiger partial charge in [-0.05, 0) is 36.4 Å². The Morgan fingerprint density at radius 3 is 3.03 bits per heavy atom. The van der Waals surface area contributed by atoms with Crippen LogP contribution in [0.25, 0.3) is 21.6 Å². The number of likely N-dealkylation sites (tertiary alicyclic amines) is 1. The smallest absolute Gasteiger partial charge is 0.227 e. The molecule has 1 amide bonds. The molecule has 4 aromatic rings. The van der Waals surface area contributed by atoms with E-state index < -0.39 is 0 Å². The van der Waals surface area contributed by atoms with Crippen molar-refractivity contribution in [2.75, 3.05) is 13.1 Å². The van der Waals surface area contributed by atoms with E-state index in [4.69, 9.17) is 9.51 Å². The fourth-order valence-corrected chi connectivity index (χ4v) is 5.43. The summed E-state index contributed by atoms with van der Waals surface area (Å²) in [6.07, 6.45) is 2.95. The first kappa shape index (κ1) is 18.4. The highest BCUT2D eigenvalue weighted by Gasteiger charge is 2.27. The number of aromatic nitrogens is 3. The molecule has 0 saturated carbocycles. The van der Waals surface area contributed by atoms with Crippen molar-refractivity contribution in [2.24, 2.45) is 0 Å². The molecule has 0 radical (unpaired) electrons. The third kappa shape index (κ3) is 3.95. The first-order valence-electron chi connectivity index (χ1n) is 9.74. The van der Waals surface area contributed by atoms with E-state index in [2.05, 4.69) is 22.3 Å². The Labute approximate surface area is 176 Å². The van der Waals surface area contributed by atoms with Crippen molar-refractivity contribution in [2.45, 2.75) is 31.6 Å². The summed E-state index contributed by atoms with van der Waals surface area (Å²) < 4.78 is 6.53. The molecule has 1 atom stereocenters. The number of amides is 1. The molecule has 29 heavy (non-hydrogen) atoms. The van der Waals surface area contributed by atoms with Crippen LogP contribution in [0.5, 0.6) is 0 Å². The van der Waals surface area contributed by atoms with Gasteiger partial charge < -0.3 is 9.42 Å². The van der Waals surface area contributed by atoms with Crippen LogP contribution in [0.4, 0.5) is 0 Å². The van der Waals surface area contributed by atoms with E-state index in [-0.39, 0.29) is 5.91 Å². The SMILES string of the molecule is O=C(CCc1nc(-c2ccsc2)no1)N1CCC[C@H](c2nc3ccccc3s2)C1. The molecule has 0 N–H and O–H groups in total. The van der Waals surface area contributed by atoms with Crippen LogP contribution in [0, 0.1) is 0 Å². The Bertz CT molecular complexity index is 1090. The number of thiophene rings is 1. The van der Waals surface area contributed by atoms with E-state index in [1.807, 2.05) is 33.9 Å². The van der Waals surface area contributed by atoms with Crippen LogP contribution in [0.2, 0.25) is 0 Å². The number of para-hydroxylation sites is 1. The minimum Gasteiger partial charge on any atom is -0.342 e. The lowest BCUT2D eigenvalue weighted by Gasteiger charge is -2.31. The monoisotopic (exact) mass is 424 g/mol. The van der Waals surface area contributed by atoms with Crippen LogP contribution in [-0.2, 0) is 11.2 Å². The van der Waals surface area contributed by atoms with Crippen LogP contribution in [-0.4, -0.2) is 39.0 Å². The molecule has 148 valence electrons. The number of carbonyl (C=O) groups is 1. The second-order valence-corrected chi connectivity index (χ2v) is 9.06. The first-order chi connectivity index (χ1) is 14.3. The molecular weight excluding hydrogens is 404 g/mol. The summed E-state index contributed by atoms with van der Waals surface area (Å²) in [6.45, 7) is 1.55. The molecule has 1 aliphatic rings. The molecule has 5 rings (SSSR count). The van der Waals surface area contributed by atoms with E-state index in [9.17, 15) is 4.79 Å². The lowest BCUT2D eigenvalue weighted by Crippen LogP contribution is -2.39. The average molecular weight is 425 g/mol. The highest BCUT2D eigenvalue weighted by Crippen LogP contribution is 2.33. The Hall–Kier alpha value is -2.58. The molecule has 1 aromatic carbocycles. The summed E-state index contributed by atoms with van der Waals surface area (Å²) in [4.78, 5) is 24.0. The van der Waals surface area contributed by atoms with Crippen molar-refractivity contribution in [1.82, 2.24) is 20.0 Å². The van der Waals surface area contributed by atoms with Crippen LogP contribution in [0.15, 0.2) is 45.6 Å². The number of nitrogens with zero attached hydrogens (tertiary/aromatic N) is 4. The molecule has 4 heterocycles. The lowest BCUT2D eigenvalue weighted by atomic mass is 9.98. The standard InChI is InChI=1S/C21H20N4O2S2/c26-19(8-7-18-23-20(24-27-18)15-9-11-28-13-15)25-10-3-4-14(12-25)21-22-16-5-1-2-6-17(16)29-21/h1-2,5-6,9,11,13-14H,3-4,7-8,10,12H2/t14-/m0/s1. The van der Waals surface area contributed by atoms with Gasteiger partial charge in [0.1, 0.15) is 0 Å². The number of fused-ring (bicyclic) bond motifs is 1. The average Bonchev–Trinajstić information content (AvgIpc) is 3.52. The predicted octanol–water partition coefficient (Wildman–Crippen LogP) is 4.75. The zero-order chi connectivity index (χ0) is 19.6. The molecule has 3 aromatic heterocycles. The normalized spacial score (nSPS) is 17.1. The molecule has 8 heteroatoms. The van der Waals surface area contributed by atoms with Gasteiger partial charge in [0.15, 0.2) is 0 Å².